The van der Waals surface area contributed by atoms with Crippen LogP contribution in [0.25, 0.3) is 5.69 Å². The zero-order valence-corrected chi connectivity index (χ0v) is 11.8. The molecule has 0 aliphatic rings. The standard InChI is InChI=1S/C15H12ClFN4/c16-12-3-1-2-11(6-12)8-19-13-4-5-15(14(17)7-13)21-10-18-9-20-21/h1-7,9-10,19H,8H2. The summed E-state index contributed by atoms with van der Waals surface area (Å²) < 4.78 is 15.4. The maximum Gasteiger partial charge on any atom is 0.150 e. The van der Waals surface area contributed by atoms with Gasteiger partial charge >= 0.3 is 0 Å². The Morgan fingerprint density at radius 2 is 2.10 bits per heavy atom. The van der Waals surface area contributed by atoms with E-state index in [0.717, 1.165) is 5.56 Å². The second-order valence-corrected chi connectivity index (χ2v) is 4.93. The van der Waals surface area contributed by atoms with Crippen LogP contribution in [0.3, 0.4) is 0 Å². The molecule has 0 aliphatic carbocycles. The van der Waals surface area contributed by atoms with Gasteiger partial charge in [-0.2, -0.15) is 5.10 Å². The molecule has 106 valence electrons. The number of hydrogen-bond donors (Lipinski definition) is 1. The monoisotopic (exact) mass is 302 g/mol. The topological polar surface area (TPSA) is 42.7 Å². The molecule has 0 saturated heterocycles. The molecule has 0 bridgehead atoms. The fraction of sp³-hybridized carbons (Fsp3) is 0.0667. The van der Waals surface area contributed by atoms with Crippen molar-refractivity contribution in [1.82, 2.24) is 14.8 Å². The summed E-state index contributed by atoms with van der Waals surface area (Å²) >= 11 is 5.93. The summed E-state index contributed by atoms with van der Waals surface area (Å²) in [6.45, 7) is 0.572. The van der Waals surface area contributed by atoms with Gasteiger partial charge in [0.05, 0.1) is 0 Å². The average molecular weight is 303 g/mol. The number of nitrogens with one attached hydrogen (secondary N) is 1. The molecule has 21 heavy (non-hydrogen) atoms. The zero-order valence-electron chi connectivity index (χ0n) is 11.0. The summed E-state index contributed by atoms with van der Waals surface area (Å²) in [5, 5.41) is 7.75. The summed E-state index contributed by atoms with van der Waals surface area (Å²) in [6, 6.07) is 12.4. The number of anilines is 1. The molecule has 0 aliphatic heterocycles. The van der Waals surface area contributed by atoms with E-state index in [1.165, 1.54) is 23.4 Å². The van der Waals surface area contributed by atoms with Gasteiger partial charge in [0, 0.05) is 17.3 Å². The Balaban J connectivity index is 1.74. The molecule has 0 atom stereocenters. The Bertz CT molecular complexity index is 743. The van der Waals surface area contributed by atoms with Gasteiger partial charge in [0.1, 0.15) is 18.3 Å². The number of benzene rings is 2. The third-order valence-corrected chi connectivity index (χ3v) is 3.23. The van der Waals surface area contributed by atoms with Crippen LogP contribution in [-0.4, -0.2) is 14.8 Å². The van der Waals surface area contributed by atoms with Crippen LogP contribution < -0.4 is 5.32 Å². The van der Waals surface area contributed by atoms with E-state index in [4.69, 9.17) is 11.6 Å². The first-order valence-electron chi connectivity index (χ1n) is 6.35. The van der Waals surface area contributed by atoms with Gasteiger partial charge in [-0.15, -0.1) is 0 Å². The highest BCUT2D eigenvalue weighted by Gasteiger charge is 2.06. The van der Waals surface area contributed by atoms with Crippen LogP contribution >= 0.6 is 11.6 Å². The van der Waals surface area contributed by atoms with Crippen LogP contribution in [0, 0.1) is 5.82 Å². The lowest BCUT2D eigenvalue weighted by molar-refractivity contribution is 0.611. The minimum absolute atomic E-state index is 0.362. The molecule has 0 radical (unpaired) electrons. The first-order valence-corrected chi connectivity index (χ1v) is 6.73. The third-order valence-electron chi connectivity index (χ3n) is 3.00. The quantitative estimate of drug-likeness (QED) is 0.799. The van der Waals surface area contributed by atoms with E-state index in [0.29, 0.717) is 22.9 Å². The van der Waals surface area contributed by atoms with Crippen LogP contribution in [0.2, 0.25) is 5.02 Å². The molecule has 2 aromatic carbocycles. The normalized spacial score (nSPS) is 10.6. The van der Waals surface area contributed by atoms with Gasteiger partial charge in [-0.1, -0.05) is 23.7 Å². The van der Waals surface area contributed by atoms with Crippen molar-refractivity contribution in [2.75, 3.05) is 5.32 Å². The summed E-state index contributed by atoms with van der Waals surface area (Å²) in [7, 11) is 0. The molecule has 0 unspecified atom stereocenters. The molecular formula is C15H12ClFN4. The van der Waals surface area contributed by atoms with Crippen molar-refractivity contribution in [2.24, 2.45) is 0 Å². The van der Waals surface area contributed by atoms with Gasteiger partial charge < -0.3 is 5.32 Å². The minimum Gasteiger partial charge on any atom is -0.381 e. The van der Waals surface area contributed by atoms with E-state index in [-0.39, 0.29) is 5.82 Å². The molecular weight excluding hydrogens is 291 g/mol. The van der Waals surface area contributed by atoms with Crippen molar-refractivity contribution >= 4 is 17.3 Å². The highest BCUT2D eigenvalue weighted by Crippen LogP contribution is 2.18. The Kier molecular flexibility index (Phi) is 3.83. The lowest BCUT2D eigenvalue weighted by atomic mass is 10.2. The molecule has 0 saturated carbocycles. The van der Waals surface area contributed by atoms with E-state index in [1.807, 2.05) is 24.3 Å². The summed E-state index contributed by atoms with van der Waals surface area (Å²) in [4.78, 5) is 3.80. The molecule has 0 fully saturated rings. The average Bonchev–Trinajstić information content (AvgIpc) is 2.99. The fourth-order valence-corrected chi connectivity index (χ4v) is 2.20. The minimum atomic E-state index is -0.364. The Hall–Kier alpha value is -2.40. The van der Waals surface area contributed by atoms with Crippen molar-refractivity contribution in [1.29, 1.82) is 0 Å². The van der Waals surface area contributed by atoms with E-state index in [1.54, 1.807) is 12.1 Å². The van der Waals surface area contributed by atoms with Gasteiger partial charge in [0.15, 0.2) is 5.82 Å². The highest BCUT2D eigenvalue weighted by atomic mass is 35.5. The number of rotatable bonds is 4. The zero-order chi connectivity index (χ0) is 14.7. The first kappa shape index (κ1) is 13.6. The van der Waals surface area contributed by atoms with E-state index in [2.05, 4.69) is 15.4 Å². The third kappa shape index (κ3) is 3.20. The fourth-order valence-electron chi connectivity index (χ4n) is 1.99. The SMILES string of the molecule is Fc1cc(NCc2cccc(Cl)c2)ccc1-n1cncn1. The molecule has 1 N–H and O–H groups in total. The van der Waals surface area contributed by atoms with Crippen molar-refractivity contribution in [3.8, 4) is 5.69 Å². The summed E-state index contributed by atoms with van der Waals surface area (Å²) in [6.07, 6.45) is 2.82. The Morgan fingerprint density at radius 3 is 2.81 bits per heavy atom. The second-order valence-electron chi connectivity index (χ2n) is 4.49. The summed E-state index contributed by atoms with van der Waals surface area (Å²) in [5.74, 6) is -0.364. The lowest BCUT2D eigenvalue weighted by Gasteiger charge is -2.09. The smallest absolute Gasteiger partial charge is 0.150 e. The maximum absolute atomic E-state index is 14.1. The van der Waals surface area contributed by atoms with Gasteiger partial charge in [-0.3, -0.25) is 0 Å². The highest BCUT2D eigenvalue weighted by molar-refractivity contribution is 6.30. The molecule has 0 spiro atoms. The van der Waals surface area contributed by atoms with Crippen molar-refractivity contribution in [3.05, 3.63) is 71.5 Å². The van der Waals surface area contributed by atoms with Crippen LogP contribution in [0.15, 0.2) is 55.1 Å². The molecule has 1 heterocycles. The van der Waals surface area contributed by atoms with Crippen molar-refractivity contribution in [3.63, 3.8) is 0 Å². The van der Waals surface area contributed by atoms with Crippen molar-refractivity contribution in [2.45, 2.75) is 6.54 Å². The van der Waals surface area contributed by atoms with Gasteiger partial charge in [-0.05, 0) is 35.9 Å². The predicted molar refractivity (Wildman–Crippen MR) is 80.1 cm³/mol. The molecule has 6 heteroatoms. The number of aromatic nitrogens is 3. The molecule has 3 rings (SSSR count). The maximum atomic E-state index is 14.1. The molecule has 3 aromatic rings. The number of halogens is 2. The molecule has 0 amide bonds. The van der Waals surface area contributed by atoms with Crippen LogP contribution in [0.1, 0.15) is 5.56 Å². The van der Waals surface area contributed by atoms with Crippen LogP contribution in [0.4, 0.5) is 10.1 Å². The first-order chi connectivity index (χ1) is 10.2. The second kappa shape index (κ2) is 5.93. The van der Waals surface area contributed by atoms with E-state index >= 15 is 0 Å². The van der Waals surface area contributed by atoms with E-state index < -0.39 is 0 Å². The predicted octanol–water partition coefficient (Wildman–Crippen LogP) is 3.67. The van der Waals surface area contributed by atoms with Gasteiger partial charge in [0.25, 0.3) is 0 Å². The van der Waals surface area contributed by atoms with E-state index in [9.17, 15) is 4.39 Å². The van der Waals surface area contributed by atoms with Gasteiger partial charge in [-0.25, -0.2) is 14.1 Å². The Morgan fingerprint density at radius 1 is 1.19 bits per heavy atom. The largest absolute Gasteiger partial charge is 0.381 e. The Labute approximate surface area is 126 Å². The number of hydrogen-bond acceptors (Lipinski definition) is 3. The molecule has 4 nitrogen and oxygen atoms in total. The van der Waals surface area contributed by atoms with Crippen LogP contribution in [-0.2, 0) is 6.54 Å². The van der Waals surface area contributed by atoms with Gasteiger partial charge in [0.2, 0.25) is 0 Å². The molecule has 1 aromatic heterocycles. The van der Waals surface area contributed by atoms with Crippen molar-refractivity contribution < 1.29 is 4.39 Å². The lowest BCUT2D eigenvalue weighted by Crippen LogP contribution is -2.02. The summed E-state index contributed by atoms with van der Waals surface area (Å²) in [5.41, 5.74) is 2.08. The van der Waals surface area contributed by atoms with Crippen LogP contribution in [0.5, 0.6) is 0 Å². The number of nitrogens with zero attached hydrogens (tertiary/aromatic N) is 3.